The topological polar surface area (TPSA) is 29.5 Å². The van der Waals surface area contributed by atoms with E-state index >= 15 is 0 Å². The molecule has 0 fully saturated rings. The maximum absolute atomic E-state index is 9.82. The van der Waals surface area contributed by atoms with E-state index in [1.807, 2.05) is 48.5 Å². The molecule has 3 heteroatoms. The summed E-state index contributed by atoms with van der Waals surface area (Å²) in [6.07, 6.45) is 0.757. The first-order chi connectivity index (χ1) is 9.57. The molecule has 1 atom stereocenters. The molecule has 0 saturated carbocycles. The lowest BCUT2D eigenvalue weighted by atomic mass is 9.78. The molecule has 2 aromatic carbocycles. The average molecular weight is 291 g/mol. The maximum atomic E-state index is 9.82. The molecule has 0 amide bonds. The Balaban J connectivity index is 2.25. The number of rotatable bonds is 5. The first kappa shape index (κ1) is 14.9. The van der Waals surface area contributed by atoms with Crippen LogP contribution in [-0.4, -0.2) is 18.8 Å². The molecule has 0 saturated heterocycles. The first-order valence-corrected chi connectivity index (χ1v) is 6.95. The third-order valence-electron chi connectivity index (χ3n) is 3.64. The number of hydrogen-bond donors (Lipinski definition) is 1. The average Bonchev–Trinajstić information content (AvgIpc) is 2.49. The molecule has 0 aliphatic carbocycles. The molecule has 0 radical (unpaired) electrons. The Bertz CT molecular complexity index is 548. The van der Waals surface area contributed by atoms with Gasteiger partial charge in [-0.3, -0.25) is 0 Å². The van der Waals surface area contributed by atoms with Crippen molar-refractivity contribution < 1.29 is 9.84 Å². The summed E-state index contributed by atoms with van der Waals surface area (Å²) in [6, 6.07) is 15.6. The Kier molecular flexibility index (Phi) is 4.69. The number of aliphatic hydroxyl groups excluding tert-OH is 1. The van der Waals surface area contributed by atoms with Crippen molar-refractivity contribution in [3.05, 3.63) is 64.7 Å². The minimum absolute atomic E-state index is 0.0853. The third-order valence-corrected chi connectivity index (χ3v) is 3.90. The van der Waals surface area contributed by atoms with Crippen LogP contribution in [0.2, 0.25) is 5.02 Å². The smallest absolute Gasteiger partial charge is 0.118 e. The van der Waals surface area contributed by atoms with Crippen molar-refractivity contribution in [3.8, 4) is 5.75 Å². The van der Waals surface area contributed by atoms with Gasteiger partial charge in [0, 0.05) is 10.4 Å². The van der Waals surface area contributed by atoms with E-state index in [9.17, 15) is 5.11 Å². The van der Waals surface area contributed by atoms with Gasteiger partial charge in [0.25, 0.3) is 0 Å². The SMILES string of the molecule is COc1ccc(C(C)(CO)Cc2ccc(Cl)cc2)cc1. The highest BCUT2D eigenvalue weighted by Crippen LogP contribution is 2.29. The summed E-state index contributed by atoms with van der Waals surface area (Å²) >= 11 is 5.90. The summed E-state index contributed by atoms with van der Waals surface area (Å²) in [5.41, 5.74) is 1.93. The Hall–Kier alpha value is -1.51. The van der Waals surface area contributed by atoms with Crippen LogP contribution in [0.25, 0.3) is 0 Å². The largest absolute Gasteiger partial charge is 0.497 e. The second-order valence-electron chi connectivity index (χ2n) is 5.25. The molecule has 0 aromatic heterocycles. The molecular formula is C17H19ClO2. The first-order valence-electron chi connectivity index (χ1n) is 6.57. The Morgan fingerprint density at radius 3 is 2.15 bits per heavy atom. The van der Waals surface area contributed by atoms with E-state index in [0.717, 1.165) is 28.3 Å². The second-order valence-corrected chi connectivity index (χ2v) is 5.69. The summed E-state index contributed by atoms with van der Waals surface area (Å²) in [4.78, 5) is 0. The molecule has 0 spiro atoms. The van der Waals surface area contributed by atoms with Crippen molar-refractivity contribution in [2.24, 2.45) is 0 Å². The number of ether oxygens (including phenoxy) is 1. The van der Waals surface area contributed by atoms with Gasteiger partial charge in [-0.15, -0.1) is 0 Å². The van der Waals surface area contributed by atoms with Crippen molar-refractivity contribution in [2.75, 3.05) is 13.7 Å². The minimum Gasteiger partial charge on any atom is -0.497 e. The van der Waals surface area contributed by atoms with E-state index < -0.39 is 0 Å². The van der Waals surface area contributed by atoms with E-state index in [4.69, 9.17) is 16.3 Å². The Labute approximate surface area is 125 Å². The fourth-order valence-electron chi connectivity index (χ4n) is 2.30. The highest BCUT2D eigenvalue weighted by atomic mass is 35.5. The van der Waals surface area contributed by atoms with Crippen LogP contribution in [0.3, 0.4) is 0 Å². The molecule has 20 heavy (non-hydrogen) atoms. The molecule has 106 valence electrons. The van der Waals surface area contributed by atoms with Crippen LogP contribution in [0.5, 0.6) is 5.75 Å². The molecule has 2 aromatic rings. The zero-order valence-corrected chi connectivity index (χ0v) is 12.5. The second kappa shape index (κ2) is 6.29. The number of methoxy groups -OCH3 is 1. The quantitative estimate of drug-likeness (QED) is 0.906. The highest BCUT2D eigenvalue weighted by molar-refractivity contribution is 6.30. The summed E-state index contributed by atoms with van der Waals surface area (Å²) in [7, 11) is 1.65. The highest BCUT2D eigenvalue weighted by Gasteiger charge is 2.26. The van der Waals surface area contributed by atoms with Crippen molar-refractivity contribution in [1.82, 2.24) is 0 Å². The van der Waals surface area contributed by atoms with Crippen LogP contribution in [0.4, 0.5) is 0 Å². The lowest BCUT2D eigenvalue weighted by molar-refractivity contribution is 0.204. The van der Waals surface area contributed by atoms with Gasteiger partial charge in [0.1, 0.15) is 5.75 Å². The van der Waals surface area contributed by atoms with E-state index in [1.54, 1.807) is 7.11 Å². The molecule has 2 nitrogen and oxygen atoms in total. The Morgan fingerprint density at radius 2 is 1.65 bits per heavy atom. The molecule has 1 N–H and O–H groups in total. The van der Waals surface area contributed by atoms with Crippen LogP contribution >= 0.6 is 11.6 Å². The predicted molar refractivity (Wildman–Crippen MR) is 82.6 cm³/mol. The summed E-state index contributed by atoms with van der Waals surface area (Å²) < 4.78 is 5.17. The third kappa shape index (κ3) is 3.33. The van der Waals surface area contributed by atoms with Gasteiger partial charge < -0.3 is 9.84 Å². The van der Waals surface area contributed by atoms with Crippen molar-refractivity contribution in [2.45, 2.75) is 18.8 Å². The number of halogens is 1. The molecule has 0 heterocycles. The lowest BCUT2D eigenvalue weighted by Gasteiger charge is -2.28. The van der Waals surface area contributed by atoms with Crippen LogP contribution < -0.4 is 4.74 Å². The monoisotopic (exact) mass is 290 g/mol. The van der Waals surface area contributed by atoms with E-state index in [2.05, 4.69) is 6.92 Å². The van der Waals surface area contributed by atoms with Gasteiger partial charge in [0.05, 0.1) is 13.7 Å². The number of benzene rings is 2. The molecule has 2 rings (SSSR count). The van der Waals surface area contributed by atoms with Gasteiger partial charge in [-0.05, 0) is 41.8 Å². The van der Waals surface area contributed by atoms with E-state index in [1.165, 1.54) is 0 Å². The Morgan fingerprint density at radius 1 is 1.05 bits per heavy atom. The van der Waals surface area contributed by atoms with Gasteiger partial charge in [0.2, 0.25) is 0 Å². The van der Waals surface area contributed by atoms with Crippen molar-refractivity contribution in [3.63, 3.8) is 0 Å². The normalized spacial score (nSPS) is 13.8. The van der Waals surface area contributed by atoms with Crippen LogP contribution in [0.15, 0.2) is 48.5 Å². The summed E-state index contributed by atoms with van der Waals surface area (Å²) in [6.45, 7) is 2.14. The standard InChI is InChI=1S/C17H19ClO2/c1-17(12-19,11-13-3-7-15(18)8-4-13)14-5-9-16(20-2)10-6-14/h3-10,19H,11-12H2,1-2H3. The maximum Gasteiger partial charge on any atom is 0.118 e. The van der Waals surface area contributed by atoms with Crippen LogP contribution in [0.1, 0.15) is 18.1 Å². The molecule has 0 aliphatic heterocycles. The zero-order valence-electron chi connectivity index (χ0n) is 11.8. The fraction of sp³-hybridized carbons (Fsp3) is 0.294. The van der Waals surface area contributed by atoms with Gasteiger partial charge in [-0.2, -0.15) is 0 Å². The molecule has 1 unspecified atom stereocenters. The van der Waals surface area contributed by atoms with E-state index in [0.29, 0.717) is 0 Å². The zero-order chi connectivity index (χ0) is 14.6. The summed E-state index contributed by atoms with van der Waals surface area (Å²) in [5.74, 6) is 0.820. The molecular weight excluding hydrogens is 272 g/mol. The van der Waals surface area contributed by atoms with Crippen LogP contribution in [-0.2, 0) is 11.8 Å². The van der Waals surface area contributed by atoms with Gasteiger partial charge in [-0.25, -0.2) is 0 Å². The molecule has 0 bridgehead atoms. The number of hydrogen-bond acceptors (Lipinski definition) is 2. The van der Waals surface area contributed by atoms with Crippen molar-refractivity contribution >= 4 is 11.6 Å². The summed E-state index contributed by atoms with van der Waals surface area (Å²) in [5, 5.41) is 10.5. The van der Waals surface area contributed by atoms with E-state index in [-0.39, 0.29) is 12.0 Å². The fourth-order valence-corrected chi connectivity index (χ4v) is 2.42. The minimum atomic E-state index is -0.319. The van der Waals surface area contributed by atoms with Gasteiger partial charge >= 0.3 is 0 Å². The van der Waals surface area contributed by atoms with Crippen molar-refractivity contribution in [1.29, 1.82) is 0 Å². The molecule has 0 aliphatic rings. The predicted octanol–water partition coefficient (Wildman–Crippen LogP) is 3.84. The van der Waals surface area contributed by atoms with Gasteiger partial charge in [-0.1, -0.05) is 42.8 Å². The van der Waals surface area contributed by atoms with Crippen LogP contribution in [0, 0.1) is 0 Å². The lowest BCUT2D eigenvalue weighted by Crippen LogP contribution is -2.29. The number of aliphatic hydroxyl groups is 1. The van der Waals surface area contributed by atoms with Gasteiger partial charge in [0.15, 0.2) is 0 Å².